The largest absolute Gasteiger partial charge is 0.396 e. The summed E-state index contributed by atoms with van der Waals surface area (Å²) in [5.74, 6) is 0.300. The number of ether oxygens (including phenoxy) is 1. The van der Waals surface area contributed by atoms with Crippen molar-refractivity contribution in [3.8, 4) is 0 Å². The van der Waals surface area contributed by atoms with Crippen LogP contribution in [0.25, 0.3) is 0 Å². The summed E-state index contributed by atoms with van der Waals surface area (Å²) in [7, 11) is 1.70. The molecule has 3 atom stereocenters. The van der Waals surface area contributed by atoms with Crippen LogP contribution in [0.5, 0.6) is 0 Å². The maximum Gasteiger partial charge on any atom is 0.0667 e. The minimum Gasteiger partial charge on any atom is -0.396 e. The number of hydrogen-bond donors (Lipinski definition) is 2. The van der Waals surface area contributed by atoms with Gasteiger partial charge < -0.3 is 15.2 Å². The minimum atomic E-state index is 0.232. The molecular weight excluding hydrogens is 154 g/mol. The maximum absolute atomic E-state index is 8.86. The highest BCUT2D eigenvalue weighted by molar-refractivity contribution is 4.68. The third-order valence-corrected chi connectivity index (χ3v) is 2.27. The standard InChI is InChI=1S/C9H21NO2/c1-7(6-11)9(3)10-5-8(2)12-4/h7-11H,5-6H2,1-4H3. The van der Waals surface area contributed by atoms with Crippen molar-refractivity contribution in [3.63, 3.8) is 0 Å². The molecular formula is C9H21NO2. The van der Waals surface area contributed by atoms with Gasteiger partial charge in [-0.05, 0) is 19.8 Å². The van der Waals surface area contributed by atoms with Crippen LogP contribution in [0.4, 0.5) is 0 Å². The van der Waals surface area contributed by atoms with E-state index in [0.717, 1.165) is 6.54 Å². The van der Waals surface area contributed by atoms with Crippen LogP contribution in [-0.4, -0.2) is 37.5 Å². The lowest BCUT2D eigenvalue weighted by Crippen LogP contribution is -2.38. The van der Waals surface area contributed by atoms with Crippen LogP contribution in [0.15, 0.2) is 0 Å². The second-order valence-electron chi connectivity index (χ2n) is 3.40. The first kappa shape index (κ1) is 11.9. The van der Waals surface area contributed by atoms with E-state index in [1.165, 1.54) is 0 Å². The van der Waals surface area contributed by atoms with Gasteiger partial charge >= 0.3 is 0 Å². The molecule has 3 heteroatoms. The summed E-state index contributed by atoms with van der Waals surface area (Å²) in [6.45, 7) is 7.18. The highest BCUT2D eigenvalue weighted by Gasteiger charge is 2.10. The smallest absolute Gasteiger partial charge is 0.0667 e. The van der Waals surface area contributed by atoms with Crippen LogP contribution in [0, 0.1) is 5.92 Å². The normalized spacial score (nSPS) is 18.8. The number of nitrogens with one attached hydrogen (secondary N) is 1. The molecule has 0 aromatic heterocycles. The van der Waals surface area contributed by atoms with E-state index in [4.69, 9.17) is 9.84 Å². The Balaban J connectivity index is 3.49. The van der Waals surface area contributed by atoms with Crippen molar-refractivity contribution >= 4 is 0 Å². The molecule has 0 aromatic carbocycles. The fraction of sp³-hybridized carbons (Fsp3) is 1.00. The van der Waals surface area contributed by atoms with E-state index in [-0.39, 0.29) is 12.7 Å². The Morgan fingerprint density at radius 2 is 1.92 bits per heavy atom. The van der Waals surface area contributed by atoms with Crippen molar-refractivity contribution in [1.29, 1.82) is 0 Å². The zero-order valence-corrected chi connectivity index (χ0v) is 8.50. The van der Waals surface area contributed by atoms with E-state index in [1.54, 1.807) is 7.11 Å². The van der Waals surface area contributed by atoms with Crippen molar-refractivity contribution < 1.29 is 9.84 Å². The summed E-state index contributed by atoms with van der Waals surface area (Å²) in [4.78, 5) is 0. The van der Waals surface area contributed by atoms with Crippen molar-refractivity contribution in [2.75, 3.05) is 20.3 Å². The summed E-state index contributed by atoms with van der Waals surface area (Å²) >= 11 is 0. The first-order valence-electron chi connectivity index (χ1n) is 4.48. The Morgan fingerprint density at radius 3 is 2.33 bits per heavy atom. The fourth-order valence-corrected chi connectivity index (χ4v) is 0.794. The molecule has 0 aromatic rings. The zero-order chi connectivity index (χ0) is 9.56. The molecule has 0 fully saturated rings. The Bertz CT molecular complexity index is 109. The van der Waals surface area contributed by atoms with Gasteiger partial charge in [-0.3, -0.25) is 0 Å². The monoisotopic (exact) mass is 175 g/mol. The van der Waals surface area contributed by atoms with Crippen LogP contribution in [0.1, 0.15) is 20.8 Å². The van der Waals surface area contributed by atoms with E-state index < -0.39 is 0 Å². The zero-order valence-electron chi connectivity index (χ0n) is 8.50. The Labute approximate surface area is 75.1 Å². The molecule has 0 amide bonds. The molecule has 3 nitrogen and oxygen atoms in total. The highest BCUT2D eigenvalue weighted by atomic mass is 16.5. The third-order valence-electron chi connectivity index (χ3n) is 2.27. The number of aliphatic hydroxyl groups excluding tert-OH is 1. The van der Waals surface area contributed by atoms with Gasteiger partial charge in [-0.1, -0.05) is 6.92 Å². The van der Waals surface area contributed by atoms with Crippen molar-refractivity contribution in [2.24, 2.45) is 5.92 Å². The molecule has 0 spiro atoms. The van der Waals surface area contributed by atoms with Gasteiger partial charge in [-0.25, -0.2) is 0 Å². The molecule has 0 bridgehead atoms. The summed E-state index contributed by atoms with van der Waals surface area (Å²) in [6, 6.07) is 0.340. The summed E-state index contributed by atoms with van der Waals surface area (Å²) in [6.07, 6.45) is 0.235. The van der Waals surface area contributed by atoms with Crippen LogP contribution < -0.4 is 5.32 Å². The Kier molecular flexibility index (Phi) is 6.34. The topological polar surface area (TPSA) is 41.5 Å². The van der Waals surface area contributed by atoms with E-state index >= 15 is 0 Å². The summed E-state index contributed by atoms with van der Waals surface area (Å²) in [5.41, 5.74) is 0. The average Bonchev–Trinajstić information content (AvgIpc) is 2.11. The van der Waals surface area contributed by atoms with Gasteiger partial charge in [0.05, 0.1) is 6.10 Å². The van der Waals surface area contributed by atoms with Crippen molar-refractivity contribution in [3.05, 3.63) is 0 Å². The molecule has 3 unspecified atom stereocenters. The molecule has 0 saturated carbocycles. The van der Waals surface area contributed by atoms with Crippen LogP contribution in [-0.2, 0) is 4.74 Å². The first-order chi connectivity index (χ1) is 5.61. The van der Waals surface area contributed by atoms with Gasteiger partial charge in [0.1, 0.15) is 0 Å². The second kappa shape index (κ2) is 6.40. The van der Waals surface area contributed by atoms with Gasteiger partial charge in [-0.2, -0.15) is 0 Å². The van der Waals surface area contributed by atoms with Gasteiger partial charge in [0.2, 0.25) is 0 Å². The van der Waals surface area contributed by atoms with Gasteiger partial charge in [-0.15, -0.1) is 0 Å². The van der Waals surface area contributed by atoms with E-state index in [9.17, 15) is 0 Å². The Hall–Kier alpha value is -0.120. The van der Waals surface area contributed by atoms with Gasteiger partial charge in [0.15, 0.2) is 0 Å². The molecule has 0 heterocycles. The van der Waals surface area contributed by atoms with Crippen LogP contribution >= 0.6 is 0 Å². The third kappa shape index (κ3) is 4.70. The molecule has 2 N–H and O–H groups in total. The first-order valence-corrected chi connectivity index (χ1v) is 4.48. The molecule has 12 heavy (non-hydrogen) atoms. The van der Waals surface area contributed by atoms with Crippen LogP contribution in [0.3, 0.4) is 0 Å². The fourth-order valence-electron chi connectivity index (χ4n) is 0.794. The summed E-state index contributed by atoms with van der Waals surface area (Å²) < 4.78 is 5.09. The maximum atomic E-state index is 8.86. The van der Waals surface area contributed by atoms with E-state index in [2.05, 4.69) is 12.2 Å². The number of hydrogen-bond acceptors (Lipinski definition) is 3. The number of aliphatic hydroxyl groups is 1. The average molecular weight is 175 g/mol. The molecule has 74 valence electrons. The molecule has 0 rings (SSSR count). The van der Waals surface area contributed by atoms with Gasteiger partial charge in [0.25, 0.3) is 0 Å². The number of rotatable bonds is 6. The molecule has 0 aliphatic heterocycles. The molecule has 0 aliphatic rings. The number of methoxy groups -OCH3 is 1. The lowest BCUT2D eigenvalue weighted by Gasteiger charge is -2.21. The molecule has 0 radical (unpaired) electrons. The Morgan fingerprint density at radius 1 is 1.33 bits per heavy atom. The van der Waals surface area contributed by atoms with Gasteiger partial charge in [0, 0.05) is 26.3 Å². The lowest BCUT2D eigenvalue weighted by molar-refractivity contribution is 0.109. The SMILES string of the molecule is COC(C)CNC(C)C(C)CO. The summed E-state index contributed by atoms with van der Waals surface area (Å²) in [5, 5.41) is 12.2. The predicted octanol–water partition coefficient (Wildman–Crippen LogP) is 0.628. The quantitative estimate of drug-likeness (QED) is 0.622. The van der Waals surface area contributed by atoms with Crippen molar-refractivity contribution in [2.45, 2.75) is 32.9 Å². The molecule has 0 aliphatic carbocycles. The second-order valence-corrected chi connectivity index (χ2v) is 3.40. The highest BCUT2D eigenvalue weighted by Crippen LogP contribution is 2.00. The van der Waals surface area contributed by atoms with E-state index in [0.29, 0.717) is 12.0 Å². The van der Waals surface area contributed by atoms with E-state index in [1.807, 2.05) is 13.8 Å². The van der Waals surface area contributed by atoms with Crippen LogP contribution in [0.2, 0.25) is 0 Å². The lowest BCUT2D eigenvalue weighted by atomic mass is 10.1. The van der Waals surface area contributed by atoms with Crippen molar-refractivity contribution in [1.82, 2.24) is 5.32 Å². The molecule has 0 saturated heterocycles. The minimum absolute atomic E-state index is 0.232. The predicted molar refractivity (Wildman–Crippen MR) is 50.2 cm³/mol.